The normalized spacial score (nSPS) is 16.4. The molecule has 0 amide bonds. The third-order valence-corrected chi connectivity index (χ3v) is 2.26. The van der Waals surface area contributed by atoms with Crippen molar-refractivity contribution in [1.29, 1.82) is 0 Å². The number of phenols is 2. The first-order chi connectivity index (χ1) is 11.2. The Morgan fingerprint density at radius 2 is 1.95 bits per heavy atom. The summed E-state index contributed by atoms with van der Waals surface area (Å²) in [6.07, 6.45) is -2.94. The van der Waals surface area contributed by atoms with E-state index >= 15 is 0 Å². The van der Waals surface area contributed by atoms with Gasteiger partial charge < -0.3 is 25.8 Å². The highest BCUT2D eigenvalue weighted by Crippen LogP contribution is 2.30. The number of carbonyl (C=O) groups excluding carboxylic acids is 1. The van der Waals surface area contributed by atoms with Gasteiger partial charge in [-0.2, -0.15) is 0 Å². The van der Waals surface area contributed by atoms with Crippen LogP contribution < -0.4 is 5.72 Å². The SMILES string of the molecule is [2H]N([2H])[C@H](C(=O)O)C([2H])([2H])c1cc(O)c(O)cc1C(=O)OC(C)(C)C. The van der Waals surface area contributed by atoms with Crippen LogP contribution in [0.15, 0.2) is 12.1 Å². The van der Waals surface area contributed by atoms with Crippen LogP contribution in [-0.2, 0) is 15.9 Å². The monoisotopic (exact) mass is 301 g/mol. The number of aromatic hydroxyl groups is 2. The second-order valence-electron chi connectivity index (χ2n) is 5.27. The molecule has 0 fully saturated rings. The summed E-state index contributed by atoms with van der Waals surface area (Å²) in [4.78, 5) is 23.6. The molecule has 1 atom stereocenters. The fraction of sp³-hybridized carbons (Fsp3) is 0.429. The summed E-state index contributed by atoms with van der Waals surface area (Å²) in [5.41, 5.74) is -2.47. The minimum absolute atomic E-state index is 0.356. The second-order valence-corrected chi connectivity index (χ2v) is 5.27. The number of phenolic OH excluding ortho intramolecular Hbond substituents is 2. The molecule has 1 rings (SSSR count). The number of carboxylic acids is 1. The van der Waals surface area contributed by atoms with Crippen LogP contribution in [0.5, 0.6) is 11.5 Å². The molecule has 0 aromatic heterocycles. The lowest BCUT2D eigenvalue weighted by molar-refractivity contribution is -0.138. The molecule has 0 aliphatic rings. The zero-order valence-electron chi connectivity index (χ0n) is 15.7. The Kier molecular flexibility index (Phi) is 3.26. The molecule has 0 aliphatic carbocycles. The topological polar surface area (TPSA) is 130 Å². The van der Waals surface area contributed by atoms with E-state index in [2.05, 4.69) is 0 Å². The summed E-state index contributed by atoms with van der Waals surface area (Å²) in [7, 11) is 0. The summed E-state index contributed by atoms with van der Waals surface area (Å²) >= 11 is 0. The smallest absolute Gasteiger partial charge is 0.339 e. The molecule has 5 N–H and O–H groups in total. The molecule has 0 unspecified atom stereocenters. The van der Waals surface area contributed by atoms with E-state index in [1.807, 2.05) is 0 Å². The quantitative estimate of drug-likeness (QED) is 0.471. The minimum Gasteiger partial charge on any atom is -0.504 e. The minimum atomic E-state index is -2.94. The molecule has 0 saturated carbocycles. The number of hydrogen-bond acceptors (Lipinski definition) is 6. The van der Waals surface area contributed by atoms with E-state index < -0.39 is 52.6 Å². The highest BCUT2D eigenvalue weighted by Gasteiger charge is 2.24. The van der Waals surface area contributed by atoms with Gasteiger partial charge in [0.2, 0.25) is 0 Å². The number of nitrogens with two attached hydrogens (primary N) is 1. The van der Waals surface area contributed by atoms with Gasteiger partial charge in [-0.05, 0) is 44.8 Å². The number of carboxylic acid groups (broad SMARTS) is 1. The number of esters is 1. The maximum absolute atomic E-state index is 12.3. The van der Waals surface area contributed by atoms with Crippen molar-refractivity contribution >= 4 is 11.9 Å². The van der Waals surface area contributed by atoms with Gasteiger partial charge in [-0.3, -0.25) is 4.79 Å². The molecular weight excluding hydrogens is 278 g/mol. The molecule has 0 bridgehead atoms. The van der Waals surface area contributed by atoms with Gasteiger partial charge in [-0.15, -0.1) is 0 Å². The maximum Gasteiger partial charge on any atom is 0.339 e. The Labute approximate surface area is 127 Å². The number of hydrogen-bond donors (Lipinski definition) is 4. The Morgan fingerprint density at radius 1 is 1.38 bits per heavy atom. The van der Waals surface area contributed by atoms with Crippen LogP contribution in [0.25, 0.3) is 0 Å². The molecule has 0 radical (unpaired) electrons. The summed E-state index contributed by atoms with van der Waals surface area (Å²) in [5, 5.41) is 28.4. The van der Waals surface area contributed by atoms with Gasteiger partial charge in [-0.1, -0.05) is 0 Å². The Hall–Kier alpha value is -2.28. The third kappa shape index (κ3) is 4.64. The molecule has 7 heteroatoms. The summed E-state index contributed by atoms with van der Waals surface area (Å²) in [6.45, 7) is 4.65. The molecule has 0 saturated heterocycles. The lowest BCUT2D eigenvalue weighted by Gasteiger charge is -2.21. The number of ether oxygens (including phenoxy) is 1. The van der Waals surface area contributed by atoms with Gasteiger partial charge >= 0.3 is 11.9 Å². The largest absolute Gasteiger partial charge is 0.504 e. The molecule has 7 nitrogen and oxygen atoms in total. The zero-order valence-corrected chi connectivity index (χ0v) is 11.7. The molecule has 0 heterocycles. The van der Waals surface area contributed by atoms with Gasteiger partial charge in [0.15, 0.2) is 11.5 Å². The van der Waals surface area contributed by atoms with Gasteiger partial charge in [0.1, 0.15) is 14.5 Å². The molecule has 116 valence electrons. The lowest BCUT2D eigenvalue weighted by atomic mass is 9.99. The number of rotatable bonds is 5. The first kappa shape index (κ1) is 11.4. The van der Waals surface area contributed by atoms with Crippen LogP contribution in [-0.4, -0.2) is 38.9 Å². The van der Waals surface area contributed by atoms with E-state index in [0.29, 0.717) is 6.07 Å². The fourth-order valence-corrected chi connectivity index (χ4v) is 1.41. The van der Waals surface area contributed by atoms with Gasteiger partial charge in [0, 0.05) is 2.74 Å². The molecular formula is C14H19NO6. The van der Waals surface area contributed by atoms with E-state index in [9.17, 15) is 19.8 Å². The maximum atomic E-state index is 12.3. The van der Waals surface area contributed by atoms with Crippen molar-refractivity contribution in [3.63, 3.8) is 0 Å². The molecule has 1 aromatic rings. The predicted octanol–water partition coefficient (Wildman–Crippen LogP) is 1.01. The number of carbonyl (C=O) groups is 2. The Bertz CT molecular complexity index is 687. The molecule has 21 heavy (non-hydrogen) atoms. The van der Waals surface area contributed by atoms with Crippen molar-refractivity contribution in [2.75, 3.05) is 0 Å². The zero-order chi connectivity index (χ0) is 19.7. The lowest BCUT2D eigenvalue weighted by Crippen LogP contribution is -2.33. The van der Waals surface area contributed by atoms with Gasteiger partial charge in [0.05, 0.1) is 5.56 Å². The van der Waals surface area contributed by atoms with Gasteiger partial charge in [-0.25, -0.2) is 4.79 Å². The van der Waals surface area contributed by atoms with Crippen molar-refractivity contribution in [3.8, 4) is 11.5 Å². The number of aliphatic carboxylic acids is 1. The van der Waals surface area contributed by atoms with Crippen LogP contribution in [0.4, 0.5) is 0 Å². The third-order valence-electron chi connectivity index (χ3n) is 2.26. The van der Waals surface area contributed by atoms with E-state index in [1.54, 1.807) is 20.8 Å². The second kappa shape index (κ2) is 6.01. The molecule has 0 spiro atoms. The van der Waals surface area contributed by atoms with Crippen molar-refractivity contribution in [2.45, 2.75) is 38.8 Å². The van der Waals surface area contributed by atoms with Crippen molar-refractivity contribution in [3.05, 3.63) is 23.3 Å². The van der Waals surface area contributed by atoms with Crippen molar-refractivity contribution in [1.82, 2.24) is 0 Å². The van der Waals surface area contributed by atoms with Crippen LogP contribution in [0.3, 0.4) is 0 Å². The van der Waals surface area contributed by atoms with E-state index in [1.165, 1.54) is 0 Å². The van der Waals surface area contributed by atoms with Crippen LogP contribution >= 0.6 is 0 Å². The summed E-state index contributed by atoms with van der Waals surface area (Å²) in [6, 6.07) is -0.889. The first-order valence-corrected chi connectivity index (χ1v) is 5.98. The highest BCUT2D eigenvalue weighted by molar-refractivity contribution is 5.92. The van der Waals surface area contributed by atoms with Crippen LogP contribution in [0.2, 0.25) is 2.82 Å². The van der Waals surface area contributed by atoms with Crippen molar-refractivity contribution in [2.24, 2.45) is 5.72 Å². The van der Waals surface area contributed by atoms with Crippen LogP contribution in [0, 0.1) is 0 Å². The number of benzene rings is 1. The predicted molar refractivity (Wildman–Crippen MR) is 74.3 cm³/mol. The van der Waals surface area contributed by atoms with Crippen LogP contribution in [0.1, 0.15) is 39.4 Å². The molecule has 0 aliphatic heterocycles. The Morgan fingerprint density at radius 3 is 2.43 bits per heavy atom. The highest BCUT2D eigenvalue weighted by atomic mass is 16.6. The van der Waals surface area contributed by atoms with E-state index in [4.69, 9.17) is 15.4 Å². The Balaban J connectivity index is 3.60. The van der Waals surface area contributed by atoms with Gasteiger partial charge in [0.25, 0.3) is 0 Å². The molecule has 1 aromatic carbocycles. The average molecular weight is 301 g/mol. The van der Waals surface area contributed by atoms with Crippen molar-refractivity contribution < 1.29 is 35.2 Å². The van der Waals surface area contributed by atoms with E-state index in [0.717, 1.165) is 6.07 Å². The summed E-state index contributed by atoms with van der Waals surface area (Å²) in [5.74, 6) is -4.41. The fourth-order valence-electron chi connectivity index (χ4n) is 1.41. The first-order valence-electron chi connectivity index (χ1n) is 7.87. The standard InChI is InChI=1S/C14H19NO6/c1-14(2,3)21-13(20)8-6-11(17)10(16)5-7(8)4-9(15)12(18)19/h5-6,9,16-17H,4,15H2,1-3H3,(H,18,19)/t9-/m0/s1/i4D2/hD2. The average Bonchev–Trinajstić information content (AvgIpc) is 2.37. The summed E-state index contributed by atoms with van der Waals surface area (Å²) < 4.78 is 35.4. The van der Waals surface area contributed by atoms with E-state index in [-0.39, 0.29) is 5.72 Å².